The minimum Gasteiger partial charge on any atom is -1.00 e. The summed E-state index contributed by atoms with van der Waals surface area (Å²) in [4.78, 5) is 4.13. The van der Waals surface area contributed by atoms with Gasteiger partial charge in [-0.2, -0.15) is 0 Å². The Morgan fingerprint density at radius 3 is 2.33 bits per heavy atom. The van der Waals surface area contributed by atoms with E-state index in [1.165, 1.54) is 45.1 Å². The molecule has 2 nitrogen and oxygen atoms in total. The predicted octanol–water partition coefficient (Wildman–Crippen LogP) is 0.311. The molecule has 0 aliphatic carbocycles. The van der Waals surface area contributed by atoms with Gasteiger partial charge in [0.15, 0.2) is 6.34 Å². The molecule has 0 bridgehead atoms. The molecule has 0 aromatic rings. The first-order chi connectivity index (χ1) is 6.77. The molecule has 0 aromatic heterocycles. The van der Waals surface area contributed by atoms with E-state index in [2.05, 4.69) is 25.2 Å². The highest BCUT2D eigenvalue weighted by Crippen LogP contribution is 2.11. The molecule has 1 unspecified atom stereocenters. The molecule has 1 aliphatic rings. The van der Waals surface area contributed by atoms with Gasteiger partial charge in [0.2, 0.25) is 0 Å². The summed E-state index contributed by atoms with van der Waals surface area (Å²) in [6, 6.07) is 0. The van der Waals surface area contributed by atoms with Crippen LogP contribution in [0.15, 0.2) is 17.4 Å². The third kappa shape index (κ3) is 5.95. The molecule has 88 valence electrons. The number of hydrogen-bond acceptors (Lipinski definition) is 1. The molecule has 0 saturated carbocycles. The number of nitrogens with zero attached hydrogens (tertiary/aromatic N) is 2. The van der Waals surface area contributed by atoms with Crippen molar-refractivity contribution in [3.8, 4) is 0 Å². The molecule has 15 heavy (non-hydrogen) atoms. The Morgan fingerprint density at radius 1 is 1.07 bits per heavy atom. The SMILES string of the molecule is CCCCCCCC[N+]1(C)C=CN=C1.[Cl-]. The summed E-state index contributed by atoms with van der Waals surface area (Å²) < 4.78 is 0.897. The Labute approximate surface area is 100 Å². The number of quaternary nitrogens is 1. The molecule has 0 saturated heterocycles. The maximum absolute atomic E-state index is 4.13. The van der Waals surface area contributed by atoms with Crippen molar-refractivity contribution < 1.29 is 16.9 Å². The lowest BCUT2D eigenvalue weighted by molar-refractivity contribution is -0.756. The number of aliphatic imine (C=N–C) groups is 1. The highest BCUT2D eigenvalue weighted by atomic mass is 35.5. The van der Waals surface area contributed by atoms with E-state index in [9.17, 15) is 0 Å². The normalized spacial score (nSPS) is 23.1. The quantitative estimate of drug-likeness (QED) is 0.441. The summed E-state index contributed by atoms with van der Waals surface area (Å²) in [7, 11) is 2.21. The van der Waals surface area contributed by atoms with Crippen LogP contribution in [-0.4, -0.2) is 24.4 Å². The van der Waals surface area contributed by atoms with Crippen molar-refractivity contribution in [2.24, 2.45) is 4.99 Å². The largest absolute Gasteiger partial charge is 1.00 e. The van der Waals surface area contributed by atoms with Crippen molar-refractivity contribution in [2.45, 2.75) is 45.4 Å². The van der Waals surface area contributed by atoms with Gasteiger partial charge in [0.1, 0.15) is 6.20 Å². The molecule has 1 rings (SSSR count). The van der Waals surface area contributed by atoms with Gasteiger partial charge >= 0.3 is 0 Å². The van der Waals surface area contributed by atoms with E-state index in [0.29, 0.717) is 0 Å². The molecule has 0 spiro atoms. The fourth-order valence-corrected chi connectivity index (χ4v) is 1.79. The molecule has 1 aliphatic heterocycles. The fourth-order valence-electron chi connectivity index (χ4n) is 1.79. The van der Waals surface area contributed by atoms with Gasteiger partial charge in [-0.1, -0.05) is 32.6 Å². The van der Waals surface area contributed by atoms with E-state index in [1.54, 1.807) is 0 Å². The molecule has 1 atom stereocenters. The Bertz CT molecular complexity index is 200. The molecular weight excluding hydrogens is 208 g/mol. The van der Waals surface area contributed by atoms with Crippen LogP contribution in [-0.2, 0) is 0 Å². The summed E-state index contributed by atoms with van der Waals surface area (Å²) in [5, 5.41) is 0. The Kier molecular flexibility index (Phi) is 7.71. The smallest absolute Gasteiger partial charge is 0.194 e. The topological polar surface area (TPSA) is 12.4 Å². The minimum absolute atomic E-state index is 0. The molecule has 0 N–H and O–H groups in total. The van der Waals surface area contributed by atoms with Crippen molar-refractivity contribution in [3.05, 3.63) is 12.4 Å². The first-order valence-electron chi connectivity index (χ1n) is 5.84. The first kappa shape index (κ1) is 14.7. The molecule has 3 heteroatoms. The van der Waals surface area contributed by atoms with Gasteiger partial charge in [-0.3, -0.25) is 4.48 Å². The second-order valence-corrected chi connectivity index (χ2v) is 4.40. The standard InChI is InChI=1S/C12H23N2.ClH/c1-3-4-5-6-7-8-10-14(2)11-9-13-12-14;/h9,11-12H,3-8,10H2,1-2H3;1H/q+1;/p-1. The van der Waals surface area contributed by atoms with Gasteiger partial charge in [-0.25, -0.2) is 4.99 Å². The zero-order valence-electron chi connectivity index (χ0n) is 9.95. The lowest BCUT2D eigenvalue weighted by Crippen LogP contribution is -3.00. The molecule has 0 amide bonds. The van der Waals surface area contributed by atoms with Crippen molar-refractivity contribution >= 4 is 6.34 Å². The Hall–Kier alpha value is -0.340. The van der Waals surface area contributed by atoms with Crippen LogP contribution in [0.25, 0.3) is 0 Å². The lowest BCUT2D eigenvalue weighted by atomic mass is 10.1. The zero-order valence-corrected chi connectivity index (χ0v) is 10.7. The average Bonchev–Trinajstić information content (AvgIpc) is 2.59. The molecule has 0 radical (unpaired) electrons. The van der Waals surface area contributed by atoms with Crippen molar-refractivity contribution in [1.82, 2.24) is 0 Å². The highest BCUT2D eigenvalue weighted by Gasteiger charge is 2.17. The molecule has 0 fully saturated rings. The van der Waals surface area contributed by atoms with Crippen LogP contribution in [0.4, 0.5) is 0 Å². The maximum atomic E-state index is 4.13. The predicted molar refractivity (Wildman–Crippen MR) is 62.1 cm³/mol. The van der Waals surface area contributed by atoms with E-state index in [0.717, 1.165) is 4.48 Å². The summed E-state index contributed by atoms with van der Waals surface area (Å²) in [6.45, 7) is 3.46. The second kappa shape index (κ2) is 7.89. The van der Waals surface area contributed by atoms with Crippen LogP contribution in [0.2, 0.25) is 0 Å². The van der Waals surface area contributed by atoms with Crippen LogP contribution in [0, 0.1) is 0 Å². The third-order valence-electron chi connectivity index (χ3n) is 2.82. The third-order valence-corrected chi connectivity index (χ3v) is 2.82. The molecule has 0 aromatic carbocycles. The Morgan fingerprint density at radius 2 is 1.73 bits per heavy atom. The number of rotatable bonds is 7. The maximum Gasteiger partial charge on any atom is 0.194 e. The van der Waals surface area contributed by atoms with Crippen LogP contribution in [0.3, 0.4) is 0 Å². The van der Waals surface area contributed by atoms with Crippen LogP contribution < -0.4 is 12.4 Å². The van der Waals surface area contributed by atoms with Crippen molar-refractivity contribution in [1.29, 1.82) is 0 Å². The van der Waals surface area contributed by atoms with Gasteiger partial charge in [0, 0.05) is 0 Å². The van der Waals surface area contributed by atoms with E-state index in [1.807, 2.05) is 12.5 Å². The van der Waals surface area contributed by atoms with Gasteiger partial charge in [0.25, 0.3) is 0 Å². The second-order valence-electron chi connectivity index (χ2n) is 4.40. The van der Waals surface area contributed by atoms with Crippen molar-refractivity contribution in [2.75, 3.05) is 13.6 Å². The van der Waals surface area contributed by atoms with Gasteiger partial charge in [-0.05, 0) is 12.8 Å². The molecular formula is C12H23ClN2. The van der Waals surface area contributed by atoms with E-state index in [-0.39, 0.29) is 12.4 Å². The minimum atomic E-state index is 0. The van der Waals surface area contributed by atoms with Crippen LogP contribution >= 0.6 is 0 Å². The van der Waals surface area contributed by atoms with E-state index in [4.69, 9.17) is 0 Å². The van der Waals surface area contributed by atoms with Crippen molar-refractivity contribution in [3.63, 3.8) is 0 Å². The van der Waals surface area contributed by atoms with Crippen LogP contribution in [0.1, 0.15) is 45.4 Å². The average molecular weight is 231 g/mol. The first-order valence-corrected chi connectivity index (χ1v) is 5.84. The summed E-state index contributed by atoms with van der Waals surface area (Å²) >= 11 is 0. The molecule has 1 heterocycles. The number of halogens is 1. The Balaban J connectivity index is 0.00000196. The summed E-state index contributed by atoms with van der Waals surface area (Å²) in [5.41, 5.74) is 0. The fraction of sp³-hybridized carbons (Fsp3) is 0.750. The summed E-state index contributed by atoms with van der Waals surface area (Å²) in [5.74, 6) is 0. The van der Waals surface area contributed by atoms with Gasteiger partial charge in [-0.15, -0.1) is 0 Å². The van der Waals surface area contributed by atoms with Gasteiger partial charge < -0.3 is 12.4 Å². The van der Waals surface area contributed by atoms with Crippen LogP contribution in [0.5, 0.6) is 0 Å². The van der Waals surface area contributed by atoms with E-state index >= 15 is 0 Å². The van der Waals surface area contributed by atoms with Gasteiger partial charge in [0.05, 0.1) is 19.8 Å². The monoisotopic (exact) mass is 230 g/mol. The number of hydrogen-bond donors (Lipinski definition) is 0. The lowest BCUT2D eigenvalue weighted by Gasteiger charge is -2.21. The highest BCUT2D eigenvalue weighted by molar-refractivity contribution is 5.50. The summed E-state index contributed by atoms with van der Waals surface area (Å²) in [6.07, 6.45) is 14.3. The zero-order chi connectivity index (χ0) is 10.3. The number of unbranched alkanes of at least 4 members (excludes halogenated alkanes) is 5. The van der Waals surface area contributed by atoms with E-state index < -0.39 is 0 Å².